The highest BCUT2D eigenvalue weighted by Crippen LogP contribution is 2.02. The van der Waals surface area contributed by atoms with Gasteiger partial charge in [0.2, 0.25) is 0 Å². The molecule has 1 N–H and O–H groups in total. The van der Waals surface area contributed by atoms with Gasteiger partial charge in [-0.1, -0.05) is 22.9 Å². The number of carboxylic acid groups (broad SMARTS) is 1. The first-order chi connectivity index (χ1) is 5.22. The van der Waals surface area contributed by atoms with Crippen LogP contribution in [0.3, 0.4) is 0 Å². The van der Waals surface area contributed by atoms with Crippen molar-refractivity contribution in [3.05, 3.63) is 0 Å². The summed E-state index contributed by atoms with van der Waals surface area (Å²) in [5.41, 5.74) is 0. The number of hydrogen-bond acceptors (Lipinski definition) is 2. The summed E-state index contributed by atoms with van der Waals surface area (Å²) in [5, 5.41) is 9.33. The zero-order valence-electron chi connectivity index (χ0n) is 6.55. The molecule has 0 heterocycles. The second-order valence-electron chi connectivity index (χ2n) is 2.21. The van der Waals surface area contributed by atoms with Gasteiger partial charge in [0.15, 0.2) is 0 Å². The van der Waals surface area contributed by atoms with E-state index in [2.05, 4.69) is 15.9 Å². The van der Waals surface area contributed by atoms with Crippen LogP contribution in [-0.2, 0) is 9.53 Å². The number of ether oxygens (including phenoxy) is 1. The molecule has 0 aromatic heterocycles. The molecule has 66 valence electrons. The smallest absolute Gasteiger partial charge is 0.308 e. The molecule has 0 bridgehead atoms. The monoisotopic (exact) mass is 224 g/mol. The molecule has 3 nitrogen and oxygen atoms in total. The van der Waals surface area contributed by atoms with Crippen LogP contribution in [0.4, 0.5) is 0 Å². The summed E-state index contributed by atoms with van der Waals surface area (Å²) in [7, 11) is 0. The van der Waals surface area contributed by atoms with Crippen LogP contribution < -0.4 is 0 Å². The normalized spacial score (nSPS) is 12.9. The van der Waals surface area contributed by atoms with Crippen LogP contribution in [0.25, 0.3) is 0 Å². The number of carbonyl (C=O) groups is 1. The summed E-state index contributed by atoms with van der Waals surface area (Å²) in [5.74, 6) is -1.13. The average Bonchev–Trinajstić information content (AvgIpc) is 1.97. The summed E-state index contributed by atoms with van der Waals surface area (Å²) in [6, 6.07) is 0. The molecule has 0 aliphatic heterocycles. The number of halogens is 1. The summed E-state index contributed by atoms with van der Waals surface area (Å²) in [4.78, 5) is 10.4. The molecular weight excluding hydrogens is 212 g/mol. The van der Waals surface area contributed by atoms with Crippen LogP contribution in [0.1, 0.15) is 13.3 Å². The van der Waals surface area contributed by atoms with Gasteiger partial charge in [-0.25, -0.2) is 0 Å². The molecule has 0 radical (unpaired) electrons. The molecule has 0 aromatic rings. The second-order valence-corrected chi connectivity index (χ2v) is 3.00. The minimum absolute atomic E-state index is 0.317. The van der Waals surface area contributed by atoms with Gasteiger partial charge in [0.05, 0.1) is 19.1 Å². The van der Waals surface area contributed by atoms with Crippen molar-refractivity contribution in [3.63, 3.8) is 0 Å². The van der Waals surface area contributed by atoms with E-state index in [4.69, 9.17) is 9.84 Å². The number of alkyl halides is 1. The molecule has 4 heteroatoms. The van der Waals surface area contributed by atoms with Gasteiger partial charge in [-0.2, -0.15) is 0 Å². The molecule has 0 rings (SSSR count). The van der Waals surface area contributed by atoms with E-state index in [9.17, 15) is 4.79 Å². The van der Waals surface area contributed by atoms with Crippen molar-refractivity contribution in [1.29, 1.82) is 0 Å². The highest BCUT2D eigenvalue weighted by Gasteiger charge is 2.14. The lowest BCUT2D eigenvalue weighted by molar-refractivity contribution is -0.143. The minimum atomic E-state index is -0.776. The fourth-order valence-electron chi connectivity index (χ4n) is 0.644. The predicted molar refractivity (Wildman–Crippen MR) is 46.0 cm³/mol. The molecule has 1 atom stereocenters. The Morgan fingerprint density at radius 1 is 1.73 bits per heavy atom. The van der Waals surface area contributed by atoms with Gasteiger partial charge in [0.25, 0.3) is 0 Å². The fraction of sp³-hybridized carbons (Fsp3) is 0.857. The van der Waals surface area contributed by atoms with E-state index in [0.29, 0.717) is 19.6 Å². The lowest BCUT2D eigenvalue weighted by Crippen LogP contribution is -2.19. The van der Waals surface area contributed by atoms with E-state index in [0.717, 1.165) is 5.33 Å². The van der Waals surface area contributed by atoms with Gasteiger partial charge < -0.3 is 9.84 Å². The number of carboxylic acids is 1. The van der Waals surface area contributed by atoms with Gasteiger partial charge in [-0.15, -0.1) is 0 Å². The van der Waals surface area contributed by atoms with Crippen molar-refractivity contribution in [2.45, 2.75) is 13.3 Å². The molecule has 0 spiro atoms. The Hall–Kier alpha value is -0.0900. The van der Waals surface area contributed by atoms with Crippen molar-refractivity contribution in [3.8, 4) is 0 Å². The summed E-state index contributed by atoms with van der Waals surface area (Å²) in [6.45, 7) is 2.73. The Bertz CT molecular complexity index is 116. The molecule has 0 amide bonds. The maximum absolute atomic E-state index is 10.4. The highest BCUT2D eigenvalue weighted by molar-refractivity contribution is 9.09. The first-order valence-electron chi connectivity index (χ1n) is 3.58. The van der Waals surface area contributed by atoms with E-state index in [1.807, 2.05) is 6.92 Å². The van der Waals surface area contributed by atoms with Crippen LogP contribution in [0.5, 0.6) is 0 Å². The van der Waals surface area contributed by atoms with Gasteiger partial charge in [-0.3, -0.25) is 4.79 Å². The molecule has 0 fully saturated rings. The third kappa shape index (κ3) is 5.21. The van der Waals surface area contributed by atoms with E-state index in [-0.39, 0.29) is 5.92 Å². The Balaban J connectivity index is 3.44. The minimum Gasteiger partial charge on any atom is -0.481 e. The topological polar surface area (TPSA) is 46.5 Å². The first-order valence-corrected chi connectivity index (χ1v) is 4.71. The number of rotatable bonds is 6. The molecule has 0 saturated carbocycles. The SMILES string of the molecule is CCC(COCCBr)C(=O)O. The van der Waals surface area contributed by atoms with E-state index in [1.54, 1.807) is 0 Å². The van der Waals surface area contributed by atoms with Crippen molar-refractivity contribution in [2.75, 3.05) is 18.5 Å². The van der Waals surface area contributed by atoms with E-state index < -0.39 is 5.97 Å². The van der Waals surface area contributed by atoms with Crippen LogP contribution >= 0.6 is 15.9 Å². The quantitative estimate of drug-likeness (QED) is 0.550. The molecule has 0 saturated heterocycles. The van der Waals surface area contributed by atoms with Crippen LogP contribution in [-0.4, -0.2) is 29.6 Å². The van der Waals surface area contributed by atoms with Crippen molar-refractivity contribution in [2.24, 2.45) is 5.92 Å². The van der Waals surface area contributed by atoms with Gasteiger partial charge in [-0.05, 0) is 6.42 Å². The van der Waals surface area contributed by atoms with Gasteiger partial charge in [0, 0.05) is 5.33 Å². The zero-order valence-corrected chi connectivity index (χ0v) is 8.13. The largest absolute Gasteiger partial charge is 0.481 e. The lowest BCUT2D eigenvalue weighted by atomic mass is 10.1. The molecule has 0 aliphatic rings. The van der Waals surface area contributed by atoms with Crippen molar-refractivity contribution >= 4 is 21.9 Å². The molecule has 1 unspecified atom stereocenters. The maximum Gasteiger partial charge on any atom is 0.308 e. The summed E-state index contributed by atoms with van der Waals surface area (Å²) >= 11 is 3.19. The zero-order chi connectivity index (χ0) is 8.69. The van der Waals surface area contributed by atoms with Crippen LogP contribution in [0, 0.1) is 5.92 Å². The Morgan fingerprint density at radius 3 is 2.73 bits per heavy atom. The second kappa shape index (κ2) is 6.61. The Morgan fingerprint density at radius 2 is 2.36 bits per heavy atom. The fourth-order valence-corrected chi connectivity index (χ4v) is 0.873. The molecule has 0 aliphatic carbocycles. The van der Waals surface area contributed by atoms with Gasteiger partial charge in [0.1, 0.15) is 0 Å². The Labute approximate surface area is 74.9 Å². The summed E-state index contributed by atoms with van der Waals surface area (Å²) in [6.07, 6.45) is 0.623. The van der Waals surface area contributed by atoms with E-state index >= 15 is 0 Å². The van der Waals surface area contributed by atoms with E-state index in [1.165, 1.54) is 0 Å². The number of aliphatic carboxylic acids is 1. The third-order valence-electron chi connectivity index (χ3n) is 1.38. The third-order valence-corrected chi connectivity index (χ3v) is 1.71. The highest BCUT2D eigenvalue weighted by atomic mass is 79.9. The lowest BCUT2D eigenvalue weighted by Gasteiger charge is -2.08. The Kier molecular flexibility index (Phi) is 6.56. The predicted octanol–water partition coefficient (Wildman–Crippen LogP) is 1.51. The first kappa shape index (κ1) is 10.9. The molecular formula is C7H13BrO3. The van der Waals surface area contributed by atoms with Gasteiger partial charge >= 0.3 is 5.97 Å². The average molecular weight is 225 g/mol. The molecule has 11 heavy (non-hydrogen) atoms. The number of hydrogen-bond donors (Lipinski definition) is 1. The van der Waals surface area contributed by atoms with Crippen LogP contribution in [0.2, 0.25) is 0 Å². The van der Waals surface area contributed by atoms with Crippen molar-refractivity contribution in [1.82, 2.24) is 0 Å². The van der Waals surface area contributed by atoms with Crippen LogP contribution in [0.15, 0.2) is 0 Å². The molecule has 0 aromatic carbocycles. The summed E-state index contributed by atoms with van der Waals surface area (Å²) < 4.78 is 5.07. The maximum atomic E-state index is 10.4. The standard InChI is InChI=1S/C7H13BrO3/c1-2-6(7(9)10)5-11-4-3-8/h6H,2-5H2,1H3,(H,9,10). The van der Waals surface area contributed by atoms with Crippen molar-refractivity contribution < 1.29 is 14.6 Å².